The van der Waals surface area contributed by atoms with Crippen LogP contribution < -0.4 is 10.3 Å². The van der Waals surface area contributed by atoms with Crippen molar-refractivity contribution in [1.29, 1.82) is 0 Å². The Bertz CT molecular complexity index is 1240. The summed E-state index contributed by atoms with van der Waals surface area (Å²) in [5.74, 6) is -0.0652. The molecule has 0 spiro atoms. The van der Waals surface area contributed by atoms with E-state index in [4.69, 9.17) is 4.74 Å². The van der Waals surface area contributed by atoms with Gasteiger partial charge in [-0.25, -0.2) is 9.48 Å². The summed E-state index contributed by atoms with van der Waals surface area (Å²) in [6, 6.07) is 22.2. The van der Waals surface area contributed by atoms with Crippen molar-refractivity contribution in [2.75, 3.05) is 0 Å². The van der Waals surface area contributed by atoms with Crippen LogP contribution in [0.5, 0.6) is 5.75 Å². The van der Waals surface area contributed by atoms with Crippen molar-refractivity contribution < 1.29 is 9.53 Å². The van der Waals surface area contributed by atoms with Gasteiger partial charge in [-0.3, -0.25) is 4.79 Å². The van der Waals surface area contributed by atoms with Gasteiger partial charge in [0.1, 0.15) is 5.75 Å². The van der Waals surface area contributed by atoms with Crippen molar-refractivity contribution in [2.24, 2.45) is 0 Å². The van der Waals surface area contributed by atoms with Gasteiger partial charge in [-0.1, -0.05) is 66.7 Å². The highest BCUT2D eigenvalue weighted by atomic mass is 16.5. The maximum Gasteiger partial charge on any atom is 0.364 e. The van der Waals surface area contributed by atoms with Gasteiger partial charge < -0.3 is 4.74 Å². The molecule has 5 nitrogen and oxygen atoms in total. The van der Waals surface area contributed by atoms with E-state index in [1.807, 2.05) is 62.4 Å². The molecule has 0 aliphatic heterocycles. The van der Waals surface area contributed by atoms with Crippen molar-refractivity contribution in [3.05, 3.63) is 106 Å². The number of ether oxygens (including phenoxy) is 1. The van der Waals surface area contributed by atoms with Crippen LogP contribution in [0, 0.1) is 13.8 Å². The molecule has 0 bridgehead atoms. The number of rotatable bonds is 4. The van der Waals surface area contributed by atoms with Crippen molar-refractivity contribution in [3.8, 4) is 5.75 Å². The first-order chi connectivity index (χ1) is 14.0. The van der Waals surface area contributed by atoms with E-state index in [-0.39, 0.29) is 17.8 Å². The molecule has 0 aliphatic rings. The van der Waals surface area contributed by atoms with Crippen LogP contribution in [0.15, 0.2) is 77.6 Å². The van der Waals surface area contributed by atoms with E-state index in [2.05, 4.69) is 5.10 Å². The van der Waals surface area contributed by atoms with Crippen LogP contribution in [0.3, 0.4) is 0 Å². The van der Waals surface area contributed by atoms with Gasteiger partial charge in [0, 0.05) is 5.39 Å². The third kappa shape index (κ3) is 3.67. The normalized spacial score (nSPS) is 10.8. The molecule has 1 aromatic heterocycles. The topological polar surface area (TPSA) is 61.2 Å². The van der Waals surface area contributed by atoms with E-state index < -0.39 is 5.97 Å². The van der Waals surface area contributed by atoms with E-state index >= 15 is 0 Å². The van der Waals surface area contributed by atoms with E-state index in [0.717, 1.165) is 16.7 Å². The fourth-order valence-electron chi connectivity index (χ4n) is 3.35. The van der Waals surface area contributed by atoms with E-state index in [9.17, 15) is 9.59 Å². The number of carbonyl (C=O) groups excluding carboxylic acids is 1. The lowest BCUT2D eigenvalue weighted by Crippen LogP contribution is -2.27. The van der Waals surface area contributed by atoms with E-state index in [1.54, 1.807) is 24.3 Å². The number of para-hydroxylation sites is 1. The molecule has 0 aliphatic carbocycles. The average molecular weight is 384 g/mol. The Morgan fingerprint density at radius 2 is 1.48 bits per heavy atom. The number of fused-ring (bicyclic) bond motifs is 1. The van der Waals surface area contributed by atoms with Gasteiger partial charge in [0.15, 0.2) is 5.69 Å². The molecule has 0 unspecified atom stereocenters. The fraction of sp³-hybridized carbons (Fsp3) is 0.125. The minimum absolute atomic E-state index is 0.124. The molecule has 0 amide bonds. The van der Waals surface area contributed by atoms with Gasteiger partial charge in [0.05, 0.1) is 11.9 Å². The second-order valence-electron chi connectivity index (χ2n) is 6.95. The van der Waals surface area contributed by atoms with Crippen LogP contribution in [-0.2, 0) is 6.54 Å². The summed E-state index contributed by atoms with van der Waals surface area (Å²) in [5.41, 5.74) is 2.53. The smallest absolute Gasteiger partial charge is 0.364 e. The molecule has 29 heavy (non-hydrogen) atoms. The van der Waals surface area contributed by atoms with Gasteiger partial charge in [0.2, 0.25) is 0 Å². The predicted octanol–water partition coefficient (Wildman–Crippen LogP) is 4.28. The summed E-state index contributed by atoms with van der Waals surface area (Å²) >= 11 is 0. The first kappa shape index (κ1) is 18.6. The lowest BCUT2D eigenvalue weighted by molar-refractivity contribution is 0.0725. The SMILES string of the molecule is Cc1cccc(C)c1OC(=O)c1nn(Cc2ccccc2)c(=O)c2ccccc12. The highest BCUT2D eigenvalue weighted by molar-refractivity contribution is 6.03. The van der Waals surface area contributed by atoms with Crippen LogP contribution in [-0.4, -0.2) is 15.7 Å². The molecule has 3 aromatic carbocycles. The Morgan fingerprint density at radius 3 is 2.17 bits per heavy atom. The zero-order valence-electron chi connectivity index (χ0n) is 16.3. The summed E-state index contributed by atoms with van der Waals surface area (Å²) in [4.78, 5) is 26.0. The highest BCUT2D eigenvalue weighted by Crippen LogP contribution is 2.24. The van der Waals surface area contributed by atoms with Crippen LogP contribution >= 0.6 is 0 Å². The third-order valence-corrected chi connectivity index (χ3v) is 4.84. The van der Waals surface area contributed by atoms with E-state index in [0.29, 0.717) is 16.5 Å². The van der Waals surface area contributed by atoms with Crippen LogP contribution in [0.2, 0.25) is 0 Å². The van der Waals surface area contributed by atoms with Crippen LogP contribution in [0.1, 0.15) is 27.2 Å². The largest absolute Gasteiger partial charge is 0.421 e. The minimum Gasteiger partial charge on any atom is -0.421 e. The number of hydrogen-bond donors (Lipinski definition) is 0. The minimum atomic E-state index is -0.583. The molecular formula is C24H20N2O3. The maximum atomic E-state index is 13.0. The number of carbonyl (C=O) groups is 1. The van der Waals surface area contributed by atoms with Crippen molar-refractivity contribution in [1.82, 2.24) is 9.78 Å². The van der Waals surface area contributed by atoms with Gasteiger partial charge in [-0.15, -0.1) is 0 Å². The Labute approximate surface area is 168 Å². The number of aromatic nitrogens is 2. The Balaban J connectivity index is 1.82. The number of benzene rings is 3. The number of nitrogens with zero attached hydrogens (tertiary/aromatic N) is 2. The molecule has 4 aromatic rings. The zero-order chi connectivity index (χ0) is 20.4. The Morgan fingerprint density at radius 1 is 0.862 bits per heavy atom. The predicted molar refractivity (Wildman–Crippen MR) is 112 cm³/mol. The average Bonchev–Trinajstić information content (AvgIpc) is 2.73. The summed E-state index contributed by atoms with van der Waals surface area (Å²) in [6.07, 6.45) is 0. The van der Waals surface area contributed by atoms with Crippen LogP contribution in [0.4, 0.5) is 0 Å². The van der Waals surface area contributed by atoms with Gasteiger partial charge in [-0.05, 0) is 36.6 Å². The summed E-state index contributed by atoms with van der Waals surface area (Å²) in [6.45, 7) is 4.04. The quantitative estimate of drug-likeness (QED) is 0.389. The second kappa shape index (κ2) is 7.72. The molecule has 4 rings (SSSR count). The number of esters is 1. The van der Waals surface area contributed by atoms with Crippen molar-refractivity contribution in [2.45, 2.75) is 20.4 Å². The number of hydrogen-bond acceptors (Lipinski definition) is 4. The van der Waals surface area contributed by atoms with Gasteiger partial charge in [-0.2, -0.15) is 5.10 Å². The first-order valence-corrected chi connectivity index (χ1v) is 9.37. The standard InChI is InChI=1S/C24H20N2O3/c1-16-9-8-10-17(2)22(16)29-24(28)21-19-13-6-7-14-20(19)23(27)26(25-21)15-18-11-4-3-5-12-18/h3-14H,15H2,1-2H3. The Kier molecular flexibility index (Phi) is 4.96. The van der Waals surface area contributed by atoms with Crippen molar-refractivity contribution in [3.63, 3.8) is 0 Å². The molecule has 0 fully saturated rings. The molecule has 0 saturated carbocycles. The van der Waals surface area contributed by atoms with Crippen LogP contribution in [0.25, 0.3) is 10.8 Å². The summed E-state index contributed by atoms with van der Waals surface area (Å²) in [7, 11) is 0. The molecule has 5 heteroatoms. The monoisotopic (exact) mass is 384 g/mol. The maximum absolute atomic E-state index is 13.0. The molecule has 0 radical (unpaired) electrons. The highest BCUT2D eigenvalue weighted by Gasteiger charge is 2.20. The first-order valence-electron chi connectivity index (χ1n) is 9.37. The lowest BCUT2D eigenvalue weighted by Gasteiger charge is -2.13. The molecule has 0 N–H and O–H groups in total. The molecule has 0 saturated heterocycles. The van der Waals surface area contributed by atoms with E-state index in [1.165, 1.54) is 4.68 Å². The second-order valence-corrected chi connectivity index (χ2v) is 6.95. The lowest BCUT2D eigenvalue weighted by atomic mass is 10.1. The molecular weight excluding hydrogens is 364 g/mol. The third-order valence-electron chi connectivity index (χ3n) is 4.84. The molecule has 1 heterocycles. The molecule has 0 atom stereocenters. The zero-order valence-corrected chi connectivity index (χ0v) is 16.3. The summed E-state index contributed by atoms with van der Waals surface area (Å²) < 4.78 is 7.02. The van der Waals surface area contributed by atoms with Gasteiger partial charge in [0.25, 0.3) is 5.56 Å². The number of aryl methyl sites for hydroxylation is 2. The summed E-state index contributed by atoms with van der Waals surface area (Å²) in [5, 5.41) is 5.30. The Hall–Kier alpha value is -3.73. The van der Waals surface area contributed by atoms with Crippen molar-refractivity contribution >= 4 is 16.7 Å². The van der Waals surface area contributed by atoms with Gasteiger partial charge >= 0.3 is 5.97 Å². The molecule has 144 valence electrons. The fourth-order valence-corrected chi connectivity index (χ4v) is 3.35.